The Morgan fingerprint density at radius 2 is 2.00 bits per heavy atom. The van der Waals surface area contributed by atoms with Gasteiger partial charge in [0, 0.05) is 23.3 Å². The van der Waals surface area contributed by atoms with Crippen molar-refractivity contribution in [2.45, 2.75) is 30.3 Å². The minimum absolute atomic E-state index is 0.0441. The fourth-order valence-electron chi connectivity index (χ4n) is 3.91. The summed E-state index contributed by atoms with van der Waals surface area (Å²) in [5.41, 5.74) is 2.34. The molecule has 0 fully saturated rings. The summed E-state index contributed by atoms with van der Waals surface area (Å²) in [5.74, 6) is 1.21. The van der Waals surface area contributed by atoms with Crippen molar-refractivity contribution in [1.29, 1.82) is 0 Å². The lowest BCUT2D eigenvalue weighted by Crippen LogP contribution is -2.32. The molecule has 28 heavy (non-hydrogen) atoms. The number of rotatable bonds is 4. The number of Topliss-reactive ketones (excluding diaryl/α,β-unsaturated/α-hetero) is 1. The molecule has 0 bridgehead atoms. The Labute approximate surface area is 166 Å². The number of methoxy groups -OCH3 is 2. The molecule has 0 saturated heterocycles. The van der Waals surface area contributed by atoms with Crippen LogP contribution in [0.15, 0.2) is 39.4 Å². The molecule has 146 valence electrons. The second-order valence-electron chi connectivity index (χ2n) is 6.67. The van der Waals surface area contributed by atoms with Crippen LogP contribution in [0.4, 0.5) is 5.82 Å². The number of aromatic nitrogens is 2. The average molecular weight is 399 g/mol. The number of thioether (sulfide) groups is 1. The Morgan fingerprint density at radius 3 is 2.71 bits per heavy atom. The van der Waals surface area contributed by atoms with Crippen molar-refractivity contribution < 1.29 is 14.3 Å². The van der Waals surface area contributed by atoms with E-state index >= 15 is 0 Å². The molecule has 2 aliphatic rings. The van der Waals surface area contributed by atoms with Gasteiger partial charge in [-0.2, -0.15) is 0 Å². The highest BCUT2D eigenvalue weighted by atomic mass is 32.2. The number of allylic oxidation sites excluding steroid dienone is 2. The van der Waals surface area contributed by atoms with E-state index in [1.165, 1.54) is 11.8 Å². The third-order valence-electron chi connectivity index (χ3n) is 5.18. The zero-order valence-corrected chi connectivity index (χ0v) is 16.7. The Kier molecular flexibility index (Phi) is 4.89. The summed E-state index contributed by atoms with van der Waals surface area (Å²) in [6.45, 7) is 0. The van der Waals surface area contributed by atoms with Crippen LogP contribution in [-0.4, -0.2) is 36.2 Å². The molecule has 1 aromatic heterocycles. The van der Waals surface area contributed by atoms with Gasteiger partial charge in [0.15, 0.2) is 10.9 Å². The molecule has 2 aromatic rings. The van der Waals surface area contributed by atoms with Crippen LogP contribution in [0.25, 0.3) is 0 Å². The van der Waals surface area contributed by atoms with Gasteiger partial charge < -0.3 is 19.8 Å². The summed E-state index contributed by atoms with van der Waals surface area (Å²) in [6.07, 6.45) is 3.84. The number of fused-ring (bicyclic) bond motifs is 1. The maximum atomic E-state index is 13.0. The first-order chi connectivity index (χ1) is 13.6. The van der Waals surface area contributed by atoms with Gasteiger partial charge in [-0.05, 0) is 37.3 Å². The SMILES string of the molecule is COc1ccc(OC)c([C@@H]2C3=C(CCCC3=O)Nc3nc(SC)[nH]c(=O)c32)c1. The molecule has 1 aromatic carbocycles. The minimum atomic E-state index is -0.559. The summed E-state index contributed by atoms with van der Waals surface area (Å²) in [6, 6.07) is 5.41. The predicted octanol–water partition coefficient (Wildman–Crippen LogP) is 3.07. The number of ether oxygens (including phenoxy) is 2. The molecule has 0 spiro atoms. The number of carbonyl (C=O) groups excluding carboxylic acids is 1. The van der Waals surface area contributed by atoms with Crippen LogP contribution in [0.5, 0.6) is 11.5 Å². The Morgan fingerprint density at radius 1 is 1.18 bits per heavy atom. The van der Waals surface area contributed by atoms with Crippen molar-refractivity contribution >= 4 is 23.4 Å². The van der Waals surface area contributed by atoms with E-state index in [0.29, 0.717) is 40.0 Å². The number of benzene rings is 1. The number of nitrogens with zero attached hydrogens (tertiary/aromatic N) is 1. The number of hydrogen-bond donors (Lipinski definition) is 2. The highest BCUT2D eigenvalue weighted by molar-refractivity contribution is 7.98. The highest BCUT2D eigenvalue weighted by Crippen LogP contribution is 2.46. The molecule has 0 unspecified atom stereocenters. The smallest absolute Gasteiger partial charge is 0.257 e. The maximum Gasteiger partial charge on any atom is 0.257 e. The molecule has 0 saturated carbocycles. The van der Waals surface area contributed by atoms with E-state index in [9.17, 15) is 9.59 Å². The van der Waals surface area contributed by atoms with Crippen molar-refractivity contribution in [2.75, 3.05) is 25.8 Å². The van der Waals surface area contributed by atoms with Crippen LogP contribution >= 0.6 is 11.8 Å². The molecular weight excluding hydrogens is 378 g/mol. The van der Waals surface area contributed by atoms with Crippen LogP contribution in [0, 0.1) is 0 Å². The summed E-state index contributed by atoms with van der Waals surface area (Å²) >= 11 is 1.36. The summed E-state index contributed by atoms with van der Waals surface area (Å²) in [7, 11) is 3.15. The molecule has 0 radical (unpaired) electrons. The third kappa shape index (κ3) is 2.97. The highest BCUT2D eigenvalue weighted by Gasteiger charge is 2.39. The fourth-order valence-corrected chi connectivity index (χ4v) is 4.29. The van der Waals surface area contributed by atoms with Crippen LogP contribution in [0.1, 0.15) is 36.3 Å². The Hall–Kier alpha value is -2.74. The molecule has 1 atom stereocenters. The van der Waals surface area contributed by atoms with Gasteiger partial charge in [0.05, 0.1) is 25.7 Å². The van der Waals surface area contributed by atoms with Crippen molar-refractivity contribution in [3.8, 4) is 11.5 Å². The molecule has 2 N–H and O–H groups in total. The van der Waals surface area contributed by atoms with Crippen LogP contribution in [-0.2, 0) is 4.79 Å². The standard InChI is InChI=1S/C20H21N3O4S/c1-26-10-7-8-14(27-2)11(9-10)15-16-12(5-4-6-13(16)24)21-18-17(15)19(25)23-20(22-18)28-3/h7-9,15H,4-6H2,1-3H3,(H2,21,22,23,25)/t15-/m1/s1. The van der Waals surface area contributed by atoms with Crippen LogP contribution < -0.4 is 20.3 Å². The van der Waals surface area contributed by atoms with Gasteiger partial charge in [-0.15, -0.1) is 0 Å². The van der Waals surface area contributed by atoms with Crippen LogP contribution in [0.3, 0.4) is 0 Å². The molecule has 1 aliphatic carbocycles. The zero-order valence-electron chi connectivity index (χ0n) is 15.9. The minimum Gasteiger partial charge on any atom is -0.497 e. The van der Waals surface area contributed by atoms with Crippen molar-refractivity contribution in [3.63, 3.8) is 0 Å². The first-order valence-corrected chi connectivity index (χ1v) is 10.2. The monoisotopic (exact) mass is 399 g/mol. The lowest BCUT2D eigenvalue weighted by Gasteiger charge is -2.33. The molecule has 8 heteroatoms. The summed E-state index contributed by atoms with van der Waals surface area (Å²) in [4.78, 5) is 33.3. The Bertz CT molecular complexity index is 1040. The van der Waals surface area contributed by atoms with Gasteiger partial charge in [-0.3, -0.25) is 9.59 Å². The van der Waals surface area contributed by atoms with E-state index in [0.717, 1.165) is 24.1 Å². The lowest BCUT2D eigenvalue weighted by molar-refractivity contribution is -0.116. The largest absolute Gasteiger partial charge is 0.497 e. The molecule has 7 nitrogen and oxygen atoms in total. The molecule has 4 rings (SSSR count). The second kappa shape index (κ2) is 7.35. The molecule has 0 amide bonds. The number of H-pyrrole nitrogens is 1. The van der Waals surface area contributed by atoms with E-state index < -0.39 is 5.92 Å². The first kappa shape index (κ1) is 18.6. The number of anilines is 1. The van der Waals surface area contributed by atoms with E-state index in [1.54, 1.807) is 26.4 Å². The van der Waals surface area contributed by atoms with E-state index in [2.05, 4.69) is 15.3 Å². The molecule has 1 aliphatic heterocycles. The lowest BCUT2D eigenvalue weighted by atomic mass is 9.76. The Balaban J connectivity index is 2.03. The van der Waals surface area contributed by atoms with Crippen LogP contribution in [0.2, 0.25) is 0 Å². The van der Waals surface area contributed by atoms with E-state index in [-0.39, 0.29) is 11.3 Å². The van der Waals surface area contributed by atoms with Gasteiger partial charge in [0.25, 0.3) is 5.56 Å². The first-order valence-electron chi connectivity index (χ1n) is 9.00. The summed E-state index contributed by atoms with van der Waals surface area (Å²) < 4.78 is 11.0. The quantitative estimate of drug-likeness (QED) is 0.603. The number of aromatic amines is 1. The van der Waals surface area contributed by atoms with E-state index in [4.69, 9.17) is 9.47 Å². The van der Waals surface area contributed by atoms with Crippen molar-refractivity contribution in [1.82, 2.24) is 9.97 Å². The third-order valence-corrected chi connectivity index (χ3v) is 5.76. The van der Waals surface area contributed by atoms with Gasteiger partial charge in [0.1, 0.15) is 17.3 Å². The number of hydrogen-bond acceptors (Lipinski definition) is 7. The normalized spacial score (nSPS) is 18.2. The molecular formula is C20H21N3O4S. The molecule has 2 heterocycles. The second-order valence-corrected chi connectivity index (χ2v) is 7.47. The van der Waals surface area contributed by atoms with Gasteiger partial charge >= 0.3 is 0 Å². The maximum absolute atomic E-state index is 13.0. The number of carbonyl (C=O) groups is 1. The number of nitrogens with one attached hydrogen (secondary N) is 2. The fraction of sp³-hybridized carbons (Fsp3) is 0.350. The zero-order chi connectivity index (χ0) is 19.8. The number of ketones is 1. The van der Waals surface area contributed by atoms with Gasteiger partial charge in [0.2, 0.25) is 0 Å². The average Bonchev–Trinajstić information content (AvgIpc) is 2.71. The van der Waals surface area contributed by atoms with Crippen molar-refractivity contribution in [2.24, 2.45) is 0 Å². The van der Waals surface area contributed by atoms with Crippen molar-refractivity contribution in [3.05, 3.63) is 50.9 Å². The van der Waals surface area contributed by atoms with E-state index in [1.807, 2.05) is 12.3 Å². The topological polar surface area (TPSA) is 93.3 Å². The van der Waals surface area contributed by atoms with Gasteiger partial charge in [-0.1, -0.05) is 11.8 Å². The predicted molar refractivity (Wildman–Crippen MR) is 108 cm³/mol. The summed E-state index contributed by atoms with van der Waals surface area (Å²) in [5, 5.41) is 3.78. The van der Waals surface area contributed by atoms with Gasteiger partial charge in [-0.25, -0.2) is 4.98 Å².